The van der Waals surface area contributed by atoms with Crippen molar-refractivity contribution < 1.29 is 4.79 Å². The van der Waals surface area contributed by atoms with Gasteiger partial charge in [0.2, 0.25) is 0 Å². The molecular formula is C26H17Cl2N5O. The average Bonchev–Trinajstić information content (AvgIpc) is 2.85. The molecule has 0 unspecified atom stereocenters. The van der Waals surface area contributed by atoms with Crippen LogP contribution in [0.3, 0.4) is 0 Å². The number of allylic oxidation sites excluding steroid dienone is 1. The van der Waals surface area contributed by atoms with Crippen LogP contribution >= 0.6 is 23.2 Å². The molecular weight excluding hydrogens is 469 g/mol. The molecule has 1 amide bonds. The van der Waals surface area contributed by atoms with Crippen molar-refractivity contribution in [2.24, 2.45) is 10.2 Å². The minimum absolute atomic E-state index is 0.0661. The fourth-order valence-corrected chi connectivity index (χ4v) is 4.08. The van der Waals surface area contributed by atoms with E-state index >= 15 is 0 Å². The highest BCUT2D eigenvalue weighted by Gasteiger charge is 2.33. The van der Waals surface area contributed by atoms with Crippen LogP contribution in [0, 0.1) is 11.3 Å². The number of hydrogen-bond acceptors (Lipinski definition) is 5. The first-order valence-corrected chi connectivity index (χ1v) is 11.2. The van der Waals surface area contributed by atoms with E-state index in [0.29, 0.717) is 21.4 Å². The third-order valence-corrected chi connectivity index (χ3v) is 6.06. The van der Waals surface area contributed by atoms with E-state index in [-0.39, 0.29) is 19.0 Å². The summed E-state index contributed by atoms with van der Waals surface area (Å²) in [5.41, 5.74) is 4.97. The highest BCUT2D eigenvalue weighted by atomic mass is 35.5. The molecule has 2 heterocycles. The van der Waals surface area contributed by atoms with Gasteiger partial charge in [-0.05, 0) is 53.1 Å². The molecule has 0 fully saturated rings. The fourth-order valence-electron chi connectivity index (χ4n) is 3.82. The van der Waals surface area contributed by atoms with Gasteiger partial charge in [0.15, 0.2) is 5.84 Å². The predicted octanol–water partition coefficient (Wildman–Crippen LogP) is 5.43. The molecule has 3 aromatic carbocycles. The maximum absolute atomic E-state index is 12.9. The van der Waals surface area contributed by atoms with Gasteiger partial charge in [-0.15, -0.1) is 5.10 Å². The normalized spacial score (nSPS) is 15.2. The molecule has 6 nitrogen and oxygen atoms in total. The summed E-state index contributed by atoms with van der Waals surface area (Å²) in [4.78, 5) is 12.9. The Balaban J connectivity index is 1.61. The first kappa shape index (κ1) is 21.9. The summed E-state index contributed by atoms with van der Waals surface area (Å²) in [6.07, 6.45) is 1.75. The number of benzene rings is 3. The SMILES string of the molecule is N#Cc1ccc(CN2N=C3C(c4ccc(Cl)cc4)=C(c4ccc(Cl)cc4)C=NN3CC2=O)cc1. The zero-order chi connectivity index (χ0) is 23.7. The van der Waals surface area contributed by atoms with Crippen molar-refractivity contribution in [1.29, 1.82) is 5.26 Å². The van der Waals surface area contributed by atoms with Crippen LogP contribution < -0.4 is 0 Å². The van der Waals surface area contributed by atoms with Gasteiger partial charge in [-0.2, -0.15) is 10.4 Å². The Bertz CT molecular complexity index is 1390. The predicted molar refractivity (Wildman–Crippen MR) is 134 cm³/mol. The number of hydrazone groups is 2. The molecule has 0 saturated heterocycles. The van der Waals surface area contributed by atoms with Gasteiger partial charge in [-0.3, -0.25) is 4.79 Å². The molecule has 0 aromatic heterocycles. The molecule has 8 heteroatoms. The highest BCUT2D eigenvalue weighted by Crippen LogP contribution is 2.33. The van der Waals surface area contributed by atoms with Crippen LogP contribution in [-0.2, 0) is 11.3 Å². The van der Waals surface area contributed by atoms with Gasteiger partial charge in [0.1, 0.15) is 6.54 Å². The average molecular weight is 486 g/mol. The third-order valence-electron chi connectivity index (χ3n) is 5.56. The summed E-state index contributed by atoms with van der Waals surface area (Å²) in [5, 5.41) is 22.6. The van der Waals surface area contributed by atoms with Gasteiger partial charge in [0.05, 0.1) is 24.4 Å². The Labute approximate surface area is 206 Å². The van der Waals surface area contributed by atoms with Crippen LogP contribution in [0.15, 0.2) is 83.0 Å². The number of rotatable bonds is 4. The van der Waals surface area contributed by atoms with E-state index in [1.807, 2.05) is 60.7 Å². The molecule has 166 valence electrons. The number of amides is 1. The third kappa shape index (κ3) is 4.32. The molecule has 0 atom stereocenters. The zero-order valence-corrected chi connectivity index (χ0v) is 19.3. The van der Waals surface area contributed by atoms with Gasteiger partial charge < -0.3 is 0 Å². The van der Waals surface area contributed by atoms with E-state index < -0.39 is 0 Å². The number of hydrogen-bond donors (Lipinski definition) is 0. The lowest BCUT2D eigenvalue weighted by molar-refractivity contribution is -0.133. The van der Waals surface area contributed by atoms with E-state index in [1.165, 1.54) is 5.01 Å². The van der Waals surface area contributed by atoms with Crippen LogP contribution in [0.4, 0.5) is 0 Å². The molecule has 2 aliphatic rings. The van der Waals surface area contributed by atoms with E-state index in [1.54, 1.807) is 23.4 Å². The lowest BCUT2D eigenvalue weighted by atomic mass is 9.93. The van der Waals surface area contributed by atoms with Crippen LogP contribution in [0.2, 0.25) is 10.0 Å². The van der Waals surface area contributed by atoms with Gasteiger partial charge >= 0.3 is 0 Å². The van der Waals surface area contributed by atoms with Crippen LogP contribution in [0.1, 0.15) is 22.3 Å². The number of nitrogens with zero attached hydrogens (tertiary/aromatic N) is 5. The summed E-state index contributed by atoms with van der Waals surface area (Å²) in [6, 6.07) is 24.2. The molecule has 0 N–H and O–H groups in total. The molecule has 3 aromatic rings. The maximum Gasteiger partial charge on any atom is 0.264 e. The summed E-state index contributed by atoms with van der Waals surface area (Å²) in [6.45, 7) is 0.354. The lowest BCUT2D eigenvalue weighted by Gasteiger charge is -2.34. The van der Waals surface area contributed by atoms with Crippen molar-refractivity contribution in [3.8, 4) is 6.07 Å². The second-order valence-corrected chi connectivity index (χ2v) is 8.66. The van der Waals surface area contributed by atoms with Crippen molar-refractivity contribution in [2.45, 2.75) is 6.54 Å². The number of halogens is 2. The Morgan fingerprint density at radius 2 is 1.50 bits per heavy atom. The fraction of sp³-hybridized carbons (Fsp3) is 0.0769. The summed E-state index contributed by atoms with van der Waals surface area (Å²) in [7, 11) is 0. The van der Waals surface area contributed by atoms with Crippen molar-refractivity contribution in [2.75, 3.05) is 6.54 Å². The summed E-state index contributed by atoms with van der Waals surface area (Å²) < 4.78 is 0. The topological polar surface area (TPSA) is 72.1 Å². The van der Waals surface area contributed by atoms with Crippen molar-refractivity contribution in [3.63, 3.8) is 0 Å². The van der Waals surface area contributed by atoms with Crippen LogP contribution in [0.25, 0.3) is 11.1 Å². The lowest BCUT2D eigenvalue weighted by Crippen LogP contribution is -2.46. The molecule has 34 heavy (non-hydrogen) atoms. The van der Waals surface area contributed by atoms with E-state index in [2.05, 4.69) is 11.2 Å². The molecule has 0 saturated carbocycles. The molecule has 0 radical (unpaired) electrons. The minimum atomic E-state index is -0.171. The molecule has 5 rings (SSSR count). The standard InChI is InChI=1S/C26H17Cl2N5O/c27-21-9-5-19(6-10-21)23-14-30-33-16-24(34)32(15-18-3-1-17(13-29)2-4-18)31-26(33)25(23)20-7-11-22(28)12-8-20/h1-12,14H,15-16H2. The first-order valence-electron chi connectivity index (χ1n) is 10.5. The second-order valence-electron chi connectivity index (χ2n) is 7.79. The first-order chi connectivity index (χ1) is 16.5. The molecule has 0 spiro atoms. The van der Waals surface area contributed by atoms with Crippen LogP contribution in [0.5, 0.6) is 0 Å². The second kappa shape index (κ2) is 9.14. The Morgan fingerprint density at radius 3 is 2.12 bits per heavy atom. The van der Waals surface area contributed by atoms with Gasteiger partial charge in [0.25, 0.3) is 5.91 Å². The van der Waals surface area contributed by atoms with E-state index in [0.717, 1.165) is 27.8 Å². The van der Waals surface area contributed by atoms with Gasteiger partial charge in [0, 0.05) is 21.2 Å². The number of fused-ring (bicyclic) bond motifs is 1. The van der Waals surface area contributed by atoms with E-state index in [9.17, 15) is 4.79 Å². The molecule has 0 bridgehead atoms. The van der Waals surface area contributed by atoms with Crippen molar-refractivity contribution in [1.82, 2.24) is 10.0 Å². The van der Waals surface area contributed by atoms with Crippen molar-refractivity contribution in [3.05, 3.63) is 105 Å². The maximum atomic E-state index is 12.9. The largest absolute Gasteiger partial charge is 0.271 e. The number of carbonyl (C=O) groups excluding carboxylic acids is 1. The smallest absolute Gasteiger partial charge is 0.264 e. The van der Waals surface area contributed by atoms with Gasteiger partial charge in [-0.1, -0.05) is 59.6 Å². The monoisotopic (exact) mass is 485 g/mol. The van der Waals surface area contributed by atoms with Crippen molar-refractivity contribution >= 4 is 52.3 Å². The van der Waals surface area contributed by atoms with Gasteiger partial charge in [-0.25, -0.2) is 10.0 Å². The Hall–Kier alpha value is -3.92. The molecule has 0 aliphatic carbocycles. The molecule has 2 aliphatic heterocycles. The Kier molecular flexibility index (Phi) is 5.89. The highest BCUT2D eigenvalue weighted by molar-refractivity contribution is 6.40. The summed E-state index contributed by atoms with van der Waals surface area (Å²) >= 11 is 12.2. The summed E-state index contributed by atoms with van der Waals surface area (Å²) in [5.74, 6) is 0.402. The Morgan fingerprint density at radius 1 is 0.882 bits per heavy atom. The quantitative estimate of drug-likeness (QED) is 0.494. The number of amidine groups is 1. The number of carbonyl (C=O) groups is 1. The minimum Gasteiger partial charge on any atom is -0.271 e. The number of nitriles is 1. The van der Waals surface area contributed by atoms with E-state index in [4.69, 9.17) is 33.6 Å². The van der Waals surface area contributed by atoms with Crippen LogP contribution in [-0.4, -0.2) is 34.5 Å². The zero-order valence-electron chi connectivity index (χ0n) is 17.8.